The highest BCUT2D eigenvalue weighted by molar-refractivity contribution is 8.01. The number of aliphatic hydroxyl groups excluding tert-OH is 1. The predicted molar refractivity (Wildman–Crippen MR) is 54.7 cm³/mol. The fourth-order valence-corrected chi connectivity index (χ4v) is 2.06. The van der Waals surface area contributed by atoms with Crippen LogP contribution in [0.1, 0.15) is 26.7 Å². The lowest BCUT2D eigenvalue weighted by Crippen LogP contribution is -2.26. The molecule has 0 aliphatic carbocycles. The third-order valence-electron chi connectivity index (χ3n) is 1.65. The van der Waals surface area contributed by atoms with E-state index in [0.717, 1.165) is 12.8 Å². The molecule has 0 heterocycles. The first kappa shape index (κ1) is 11.8. The molecule has 0 amide bonds. The Balaban J connectivity index is 3.77. The number of hydrogen-bond donors (Lipinski definition) is 3. The second-order valence-corrected chi connectivity index (χ2v) is 4.46. The number of nitrogens with two attached hydrogens (primary N) is 1. The lowest BCUT2D eigenvalue weighted by molar-refractivity contribution is 0.289. The van der Waals surface area contributed by atoms with Crippen LogP contribution in [0.25, 0.3) is 0 Å². The molecule has 0 saturated carbocycles. The largest absolute Gasteiger partial charge is 0.396 e. The fraction of sp³-hybridized carbons (Fsp3) is 0.875. The molecule has 0 aliphatic rings. The standard InChI is InChI=1S/C8H18N2OS/c1-3-7(8(9)10)12-6(2)4-5-11/h6-7,11H,3-5H2,1-2H3,(H3,9,10). The highest BCUT2D eigenvalue weighted by atomic mass is 32.2. The van der Waals surface area contributed by atoms with Gasteiger partial charge in [-0.3, -0.25) is 5.41 Å². The Morgan fingerprint density at radius 3 is 2.58 bits per heavy atom. The smallest absolute Gasteiger partial charge is 0.104 e. The molecule has 12 heavy (non-hydrogen) atoms. The average molecular weight is 190 g/mol. The van der Waals surface area contributed by atoms with Crippen molar-refractivity contribution in [3.05, 3.63) is 0 Å². The van der Waals surface area contributed by atoms with Gasteiger partial charge in [-0.15, -0.1) is 11.8 Å². The van der Waals surface area contributed by atoms with Crippen LogP contribution in [0, 0.1) is 5.41 Å². The van der Waals surface area contributed by atoms with Crippen LogP contribution in [0.3, 0.4) is 0 Å². The van der Waals surface area contributed by atoms with Crippen LogP contribution in [-0.4, -0.2) is 28.0 Å². The number of nitrogens with one attached hydrogen (secondary N) is 1. The summed E-state index contributed by atoms with van der Waals surface area (Å²) in [6.45, 7) is 4.28. The van der Waals surface area contributed by atoms with E-state index in [9.17, 15) is 0 Å². The minimum atomic E-state index is 0.117. The van der Waals surface area contributed by atoms with E-state index in [4.69, 9.17) is 16.2 Å². The molecule has 2 unspecified atom stereocenters. The van der Waals surface area contributed by atoms with Crippen molar-refractivity contribution in [1.29, 1.82) is 5.41 Å². The lowest BCUT2D eigenvalue weighted by Gasteiger charge is -2.17. The molecule has 3 nitrogen and oxygen atoms in total. The Kier molecular flexibility index (Phi) is 6.20. The first-order valence-corrected chi connectivity index (χ1v) is 5.16. The van der Waals surface area contributed by atoms with E-state index in [-0.39, 0.29) is 17.7 Å². The molecule has 0 bridgehead atoms. The SMILES string of the molecule is CCC(SC(C)CCO)C(=N)N. The second kappa shape index (κ2) is 6.31. The maximum Gasteiger partial charge on any atom is 0.104 e. The maximum absolute atomic E-state index is 8.66. The van der Waals surface area contributed by atoms with Crippen molar-refractivity contribution in [2.24, 2.45) is 5.73 Å². The van der Waals surface area contributed by atoms with Gasteiger partial charge in [0.1, 0.15) is 5.84 Å². The highest BCUT2D eigenvalue weighted by Gasteiger charge is 2.13. The van der Waals surface area contributed by atoms with Crippen LogP contribution >= 0.6 is 11.8 Å². The number of rotatable bonds is 6. The predicted octanol–water partition coefficient (Wildman–Crippen LogP) is 1.21. The highest BCUT2D eigenvalue weighted by Crippen LogP contribution is 2.22. The van der Waals surface area contributed by atoms with Gasteiger partial charge in [-0.1, -0.05) is 13.8 Å². The van der Waals surface area contributed by atoms with E-state index in [1.165, 1.54) is 0 Å². The van der Waals surface area contributed by atoms with Crippen molar-refractivity contribution in [1.82, 2.24) is 0 Å². The van der Waals surface area contributed by atoms with Gasteiger partial charge in [-0.2, -0.15) is 0 Å². The van der Waals surface area contributed by atoms with Crippen LogP contribution in [0.2, 0.25) is 0 Å². The quantitative estimate of drug-likeness (QED) is 0.435. The fourth-order valence-electron chi connectivity index (χ4n) is 0.920. The van der Waals surface area contributed by atoms with Crippen molar-refractivity contribution < 1.29 is 5.11 Å². The maximum atomic E-state index is 8.66. The monoisotopic (exact) mass is 190 g/mol. The van der Waals surface area contributed by atoms with Gasteiger partial charge >= 0.3 is 0 Å². The Hall–Kier alpha value is -0.220. The van der Waals surface area contributed by atoms with Crippen LogP contribution in [0.4, 0.5) is 0 Å². The second-order valence-electron chi connectivity index (χ2n) is 2.81. The molecule has 0 aromatic rings. The number of aliphatic hydroxyl groups is 1. The molecule has 0 fully saturated rings. The van der Waals surface area contributed by atoms with E-state index in [1.54, 1.807) is 11.8 Å². The average Bonchev–Trinajstić information content (AvgIpc) is 2.00. The molecule has 0 aromatic heterocycles. The lowest BCUT2D eigenvalue weighted by atomic mass is 10.3. The zero-order valence-electron chi connectivity index (χ0n) is 7.71. The van der Waals surface area contributed by atoms with Crippen LogP contribution < -0.4 is 5.73 Å². The van der Waals surface area contributed by atoms with Crippen molar-refractivity contribution >= 4 is 17.6 Å². The van der Waals surface area contributed by atoms with Gasteiger partial charge < -0.3 is 10.8 Å². The van der Waals surface area contributed by atoms with Gasteiger partial charge in [-0.05, 0) is 12.8 Å². The van der Waals surface area contributed by atoms with Crippen molar-refractivity contribution in [3.8, 4) is 0 Å². The summed E-state index contributed by atoms with van der Waals surface area (Å²) in [5, 5.41) is 16.4. The molecule has 0 rings (SSSR count). The molecular formula is C8H18N2OS. The van der Waals surface area contributed by atoms with Gasteiger partial charge in [0.15, 0.2) is 0 Å². The molecule has 4 heteroatoms. The van der Waals surface area contributed by atoms with Gasteiger partial charge in [0.05, 0.1) is 5.25 Å². The van der Waals surface area contributed by atoms with E-state index in [0.29, 0.717) is 5.25 Å². The Morgan fingerprint density at radius 1 is 1.67 bits per heavy atom. The molecule has 0 spiro atoms. The van der Waals surface area contributed by atoms with Crippen LogP contribution in [-0.2, 0) is 0 Å². The van der Waals surface area contributed by atoms with Crippen LogP contribution in [0.15, 0.2) is 0 Å². The zero-order valence-corrected chi connectivity index (χ0v) is 8.53. The van der Waals surface area contributed by atoms with Crippen molar-refractivity contribution in [3.63, 3.8) is 0 Å². The molecule has 0 radical (unpaired) electrons. The molecule has 0 aromatic carbocycles. The van der Waals surface area contributed by atoms with E-state index in [2.05, 4.69) is 0 Å². The first-order valence-electron chi connectivity index (χ1n) is 4.22. The Morgan fingerprint density at radius 2 is 2.25 bits per heavy atom. The van der Waals surface area contributed by atoms with Crippen molar-refractivity contribution in [2.45, 2.75) is 37.2 Å². The zero-order chi connectivity index (χ0) is 9.56. The third-order valence-corrected chi connectivity index (χ3v) is 3.27. The summed E-state index contributed by atoms with van der Waals surface area (Å²) in [6, 6.07) is 0. The summed E-state index contributed by atoms with van der Waals surface area (Å²) in [5.74, 6) is 0.243. The summed E-state index contributed by atoms with van der Waals surface area (Å²) in [4.78, 5) is 0. The Labute approximate surface area is 78.2 Å². The third kappa shape index (κ3) is 4.62. The summed E-state index contributed by atoms with van der Waals surface area (Å²) in [6.07, 6.45) is 1.66. The summed E-state index contributed by atoms with van der Waals surface area (Å²) in [5.41, 5.74) is 5.39. The molecule has 0 aliphatic heterocycles. The van der Waals surface area contributed by atoms with E-state index in [1.807, 2.05) is 13.8 Å². The molecule has 72 valence electrons. The normalized spacial score (nSPS) is 15.6. The molecular weight excluding hydrogens is 172 g/mol. The number of hydrogen-bond acceptors (Lipinski definition) is 3. The molecule has 4 N–H and O–H groups in total. The van der Waals surface area contributed by atoms with Gasteiger partial charge in [-0.25, -0.2) is 0 Å². The van der Waals surface area contributed by atoms with Gasteiger partial charge in [0.2, 0.25) is 0 Å². The minimum absolute atomic E-state index is 0.117. The van der Waals surface area contributed by atoms with Gasteiger partial charge in [0, 0.05) is 11.9 Å². The molecule has 2 atom stereocenters. The van der Waals surface area contributed by atoms with Gasteiger partial charge in [0.25, 0.3) is 0 Å². The summed E-state index contributed by atoms with van der Waals surface area (Å²) < 4.78 is 0. The van der Waals surface area contributed by atoms with E-state index >= 15 is 0 Å². The topological polar surface area (TPSA) is 70.1 Å². The van der Waals surface area contributed by atoms with E-state index < -0.39 is 0 Å². The number of thioether (sulfide) groups is 1. The summed E-state index contributed by atoms with van der Waals surface area (Å²) in [7, 11) is 0. The minimum Gasteiger partial charge on any atom is -0.396 e. The van der Waals surface area contributed by atoms with Crippen LogP contribution in [0.5, 0.6) is 0 Å². The number of amidine groups is 1. The summed E-state index contributed by atoms with van der Waals surface area (Å²) >= 11 is 1.67. The molecule has 0 saturated heterocycles. The first-order chi connectivity index (χ1) is 5.61. The van der Waals surface area contributed by atoms with Crippen molar-refractivity contribution in [2.75, 3.05) is 6.61 Å². The Bertz CT molecular complexity index is 141.